The lowest BCUT2D eigenvalue weighted by atomic mass is 10.1. The second-order valence-electron chi connectivity index (χ2n) is 6.37. The average Bonchev–Trinajstić information content (AvgIpc) is 3.11. The number of anilines is 2. The fourth-order valence-corrected chi connectivity index (χ4v) is 3.34. The first kappa shape index (κ1) is 22.3. The molecule has 0 saturated carbocycles. The highest BCUT2D eigenvalue weighted by Crippen LogP contribution is 2.31. The summed E-state index contributed by atoms with van der Waals surface area (Å²) in [5.74, 6) is -1.47. The molecule has 0 radical (unpaired) electrons. The molecule has 0 aliphatic rings. The van der Waals surface area contributed by atoms with E-state index in [0.717, 1.165) is 6.26 Å². The van der Waals surface area contributed by atoms with Gasteiger partial charge in [-0.05, 0) is 43.3 Å². The van der Waals surface area contributed by atoms with Gasteiger partial charge in [-0.15, -0.1) is 0 Å². The number of rotatable bonds is 7. The minimum Gasteiger partial charge on any atom is -0.462 e. The summed E-state index contributed by atoms with van der Waals surface area (Å²) < 4.78 is 35.2. The van der Waals surface area contributed by atoms with E-state index < -0.39 is 21.9 Å². The number of nitrogens with zero attached hydrogens (tertiary/aromatic N) is 1. The van der Waals surface area contributed by atoms with Crippen LogP contribution in [0.15, 0.2) is 53.1 Å². The Kier molecular flexibility index (Phi) is 6.62. The second-order valence-corrected chi connectivity index (χ2v) is 8.55. The van der Waals surface area contributed by atoms with Crippen LogP contribution in [-0.4, -0.2) is 38.3 Å². The lowest BCUT2D eigenvalue weighted by Gasteiger charge is -2.07. The first-order valence-corrected chi connectivity index (χ1v) is 11.3. The summed E-state index contributed by atoms with van der Waals surface area (Å²) in [5.41, 5.74) is 1.22. The fraction of sp³-hybridized carbons (Fsp3) is 0.150. The van der Waals surface area contributed by atoms with Gasteiger partial charge >= 0.3 is 5.97 Å². The number of aromatic nitrogens is 1. The normalized spacial score (nSPS) is 11.1. The van der Waals surface area contributed by atoms with Crippen molar-refractivity contribution in [2.45, 2.75) is 6.92 Å². The molecule has 1 heterocycles. The molecule has 0 aliphatic heterocycles. The maximum absolute atomic E-state index is 12.6. The Bertz CT molecular complexity index is 1200. The summed E-state index contributed by atoms with van der Waals surface area (Å²) in [4.78, 5) is 25.1. The van der Waals surface area contributed by atoms with Crippen LogP contribution < -0.4 is 10.0 Å². The summed E-state index contributed by atoms with van der Waals surface area (Å²) in [6.45, 7) is 1.77. The van der Waals surface area contributed by atoms with Crippen molar-refractivity contribution in [3.8, 4) is 11.3 Å². The standard InChI is InChI=1S/C20H18ClN3O6S/c1-3-29-20(26)16-17(12-4-8-14(21)9-5-12)23-30-19(16)22-18(25)13-6-10-15(11-7-13)24-31(2,27)28/h4-11,24H,3H2,1-2H3,(H,22,25). The smallest absolute Gasteiger partial charge is 0.346 e. The first-order valence-electron chi connectivity index (χ1n) is 9.00. The largest absolute Gasteiger partial charge is 0.462 e. The molecule has 0 bridgehead atoms. The molecule has 0 unspecified atom stereocenters. The number of amides is 1. The Morgan fingerprint density at radius 2 is 1.74 bits per heavy atom. The Hall–Kier alpha value is -3.37. The van der Waals surface area contributed by atoms with Crippen LogP contribution in [0.2, 0.25) is 5.02 Å². The Balaban J connectivity index is 1.89. The maximum atomic E-state index is 12.6. The molecule has 0 spiro atoms. The SMILES string of the molecule is CCOC(=O)c1c(-c2ccc(Cl)cc2)noc1NC(=O)c1ccc(NS(C)(=O)=O)cc1. The van der Waals surface area contributed by atoms with Crippen LogP contribution in [0.5, 0.6) is 0 Å². The zero-order valence-electron chi connectivity index (χ0n) is 16.5. The predicted molar refractivity (Wildman–Crippen MR) is 116 cm³/mol. The number of carbonyl (C=O) groups is 2. The molecule has 2 aromatic carbocycles. The van der Waals surface area contributed by atoms with Crippen LogP contribution >= 0.6 is 11.6 Å². The van der Waals surface area contributed by atoms with Crippen LogP contribution in [0.4, 0.5) is 11.6 Å². The van der Waals surface area contributed by atoms with Crippen LogP contribution in [0.25, 0.3) is 11.3 Å². The highest BCUT2D eigenvalue weighted by Gasteiger charge is 2.27. The highest BCUT2D eigenvalue weighted by molar-refractivity contribution is 7.92. The van der Waals surface area contributed by atoms with Gasteiger partial charge in [0.2, 0.25) is 15.9 Å². The monoisotopic (exact) mass is 463 g/mol. The van der Waals surface area contributed by atoms with Gasteiger partial charge in [-0.1, -0.05) is 28.9 Å². The summed E-state index contributed by atoms with van der Waals surface area (Å²) in [6.07, 6.45) is 1.02. The lowest BCUT2D eigenvalue weighted by molar-refractivity contribution is 0.0528. The van der Waals surface area contributed by atoms with Crippen molar-refractivity contribution in [2.75, 3.05) is 22.9 Å². The van der Waals surface area contributed by atoms with Crippen molar-refractivity contribution in [1.82, 2.24) is 5.16 Å². The van der Waals surface area contributed by atoms with Crippen molar-refractivity contribution in [1.29, 1.82) is 0 Å². The summed E-state index contributed by atoms with van der Waals surface area (Å²) in [5, 5.41) is 6.92. The third-order valence-electron chi connectivity index (χ3n) is 3.97. The Morgan fingerprint density at radius 1 is 1.10 bits per heavy atom. The van der Waals surface area contributed by atoms with Gasteiger partial charge in [0.05, 0.1) is 12.9 Å². The van der Waals surface area contributed by atoms with Gasteiger partial charge in [-0.25, -0.2) is 13.2 Å². The predicted octanol–water partition coefficient (Wildman–Crippen LogP) is 3.80. The van der Waals surface area contributed by atoms with Gasteiger partial charge in [0.25, 0.3) is 5.91 Å². The van der Waals surface area contributed by atoms with Crippen LogP contribution in [0, 0.1) is 0 Å². The highest BCUT2D eigenvalue weighted by atomic mass is 35.5. The Morgan fingerprint density at radius 3 is 2.32 bits per heavy atom. The maximum Gasteiger partial charge on any atom is 0.346 e. The van der Waals surface area contributed by atoms with Gasteiger partial charge in [-0.3, -0.25) is 14.8 Å². The molecule has 3 rings (SSSR count). The number of nitrogens with one attached hydrogen (secondary N) is 2. The molecule has 2 N–H and O–H groups in total. The molecule has 162 valence electrons. The minimum absolute atomic E-state index is 0.0344. The van der Waals surface area contributed by atoms with Gasteiger partial charge < -0.3 is 9.26 Å². The van der Waals surface area contributed by atoms with Crippen molar-refractivity contribution >= 4 is 45.1 Å². The number of sulfonamides is 1. The second kappa shape index (κ2) is 9.19. The molecule has 0 fully saturated rings. The molecule has 9 nitrogen and oxygen atoms in total. The zero-order chi connectivity index (χ0) is 22.6. The fourth-order valence-electron chi connectivity index (χ4n) is 2.65. The number of carbonyl (C=O) groups excluding carboxylic acids is 2. The van der Waals surface area contributed by atoms with Crippen molar-refractivity contribution in [2.24, 2.45) is 0 Å². The van der Waals surface area contributed by atoms with E-state index in [1.54, 1.807) is 31.2 Å². The third-order valence-corrected chi connectivity index (χ3v) is 4.83. The van der Waals surface area contributed by atoms with E-state index in [1.807, 2.05) is 0 Å². The van der Waals surface area contributed by atoms with Gasteiger partial charge in [0.15, 0.2) is 5.56 Å². The number of halogens is 1. The van der Waals surface area contributed by atoms with Gasteiger partial charge in [0.1, 0.15) is 5.69 Å². The van der Waals surface area contributed by atoms with Gasteiger partial charge in [-0.2, -0.15) is 0 Å². The van der Waals surface area contributed by atoms with E-state index in [0.29, 0.717) is 16.3 Å². The molecule has 11 heteroatoms. The molecule has 31 heavy (non-hydrogen) atoms. The number of hydrogen-bond acceptors (Lipinski definition) is 7. The lowest BCUT2D eigenvalue weighted by Crippen LogP contribution is -2.15. The molecule has 3 aromatic rings. The molecule has 0 atom stereocenters. The molecule has 1 aromatic heterocycles. The molecular formula is C20H18ClN3O6S. The van der Waals surface area contributed by atoms with Crippen LogP contribution in [0.3, 0.4) is 0 Å². The molecule has 0 aliphatic carbocycles. The quantitative estimate of drug-likeness (QED) is 0.510. The van der Waals surface area contributed by atoms with E-state index >= 15 is 0 Å². The summed E-state index contributed by atoms with van der Waals surface area (Å²) in [6, 6.07) is 12.3. The topological polar surface area (TPSA) is 128 Å². The number of ether oxygens (including phenoxy) is 1. The number of esters is 1. The molecular weight excluding hydrogens is 446 g/mol. The van der Waals surface area contributed by atoms with Crippen molar-refractivity contribution in [3.05, 3.63) is 64.7 Å². The molecule has 0 saturated heterocycles. The number of hydrogen-bond donors (Lipinski definition) is 2. The zero-order valence-corrected chi connectivity index (χ0v) is 18.1. The first-order chi connectivity index (χ1) is 14.7. The average molecular weight is 464 g/mol. The number of benzene rings is 2. The van der Waals surface area contributed by atoms with E-state index in [9.17, 15) is 18.0 Å². The van der Waals surface area contributed by atoms with E-state index in [2.05, 4.69) is 15.2 Å². The Labute approximate surface area is 183 Å². The molecule has 1 amide bonds. The third kappa shape index (κ3) is 5.62. The van der Waals surface area contributed by atoms with E-state index in [4.69, 9.17) is 20.9 Å². The van der Waals surface area contributed by atoms with E-state index in [1.165, 1.54) is 24.3 Å². The van der Waals surface area contributed by atoms with Crippen LogP contribution in [0.1, 0.15) is 27.6 Å². The summed E-state index contributed by atoms with van der Waals surface area (Å²) in [7, 11) is -3.44. The van der Waals surface area contributed by atoms with Crippen LogP contribution in [-0.2, 0) is 14.8 Å². The van der Waals surface area contributed by atoms with Gasteiger partial charge in [0, 0.05) is 21.8 Å². The summed E-state index contributed by atoms with van der Waals surface area (Å²) >= 11 is 5.91. The van der Waals surface area contributed by atoms with Crippen molar-refractivity contribution in [3.63, 3.8) is 0 Å². The van der Waals surface area contributed by atoms with E-state index in [-0.39, 0.29) is 29.3 Å². The minimum atomic E-state index is -3.44. The van der Waals surface area contributed by atoms with Crippen molar-refractivity contribution < 1.29 is 27.3 Å².